The monoisotopic (exact) mass is 307 g/mol. The fraction of sp³-hybridized carbons (Fsp3) is 0.611. The van der Waals surface area contributed by atoms with Crippen LogP contribution in [-0.2, 0) is 9.53 Å². The van der Waals surface area contributed by atoms with Crippen molar-refractivity contribution in [3.8, 4) is 5.75 Å². The molecule has 124 valence electrons. The third-order valence-corrected chi connectivity index (χ3v) is 3.59. The number of benzene rings is 1. The molecule has 0 amide bonds. The highest BCUT2D eigenvalue weighted by Gasteiger charge is 2.28. The summed E-state index contributed by atoms with van der Waals surface area (Å²) < 4.78 is 10.8. The number of rotatable bonds is 8. The van der Waals surface area contributed by atoms with Crippen molar-refractivity contribution in [1.82, 2.24) is 5.32 Å². The Balaban J connectivity index is 2.45. The molecule has 22 heavy (non-hydrogen) atoms. The molecule has 0 aliphatic heterocycles. The molecule has 0 aliphatic rings. The minimum Gasteiger partial charge on any atom is -0.492 e. The highest BCUT2D eigenvalue weighted by atomic mass is 16.5. The van der Waals surface area contributed by atoms with Gasteiger partial charge in [-0.05, 0) is 56.9 Å². The first-order valence-electron chi connectivity index (χ1n) is 7.93. The lowest BCUT2D eigenvalue weighted by atomic mass is 9.98. The van der Waals surface area contributed by atoms with Crippen molar-refractivity contribution < 1.29 is 14.3 Å². The van der Waals surface area contributed by atoms with E-state index in [-0.39, 0.29) is 5.97 Å². The summed E-state index contributed by atoms with van der Waals surface area (Å²) in [5.74, 6) is 1.13. The summed E-state index contributed by atoms with van der Waals surface area (Å²) in [7, 11) is 0. The second-order valence-corrected chi connectivity index (χ2v) is 6.29. The highest BCUT2D eigenvalue weighted by Crippen LogP contribution is 2.23. The first-order valence-corrected chi connectivity index (χ1v) is 7.93. The van der Waals surface area contributed by atoms with Crippen LogP contribution in [0.5, 0.6) is 5.75 Å². The van der Waals surface area contributed by atoms with Gasteiger partial charge in [-0.15, -0.1) is 0 Å². The van der Waals surface area contributed by atoms with Crippen LogP contribution in [0.25, 0.3) is 0 Å². The fourth-order valence-corrected chi connectivity index (χ4v) is 2.30. The second-order valence-electron chi connectivity index (χ2n) is 6.29. The zero-order valence-corrected chi connectivity index (χ0v) is 14.7. The zero-order valence-electron chi connectivity index (χ0n) is 14.7. The van der Waals surface area contributed by atoms with Crippen LogP contribution < -0.4 is 10.1 Å². The summed E-state index contributed by atoms with van der Waals surface area (Å²) in [6.07, 6.45) is 0. The molecule has 0 atom stereocenters. The van der Waals surface area contributed by atoms with Gasteiger partial charge in [0.05, 0.1) is 6.61 Å². The molecule has 1 rings (SSSR count). The standard InChI is InChI=1S/C18H29NO3/c1-7-21-17(20)18(5,6)19-10-11-22-15-8-9-16(13(2)3)14(4)12-15/h8-9,12-13,19H,7,10-11H2,1-6H3. The SMILES string of the molecule is CCOC(=O)C(C)(C)NCCOc1ccc(C(C)C)c(C)c1. The van der Waals surface area contributed by atoms with Gasteiger partial charge < -0.3 is 9.47 Å². The summed E-state index contributed by atoms with van der Waals surface area (Å²) in [5.41, 5.74) is 1.89. The maximum absolute atomic E-state index is 11.7. The van der Waals surface area contributed by atoms with E-state index in [1.807, 2.05) is 19.9 Å². The Morgan fingerprint density at radius 2 is 2.00 bits per heavy atom. The third-order valence-electron chi connectivity index (χ3n) is 3.59. The number of ether oxygens (including phenoxy) is 2. The van der Waals surface area contributed by atoms with Crippen LogP contribution in [-0.4, -0.2) is 31.3 Å². The van der Waals surface area contributed by atoms with Crippen molar-refractivity contribution in [1.29, 1.82) is 0 Å². The number of nitrogens with one attached hydrogen (secondary N) is 1. The smallest absolute Gasteiger partial charge is 0.325 e. The van der Waals surface area contributed by atoms with Gasteiger partial charge in [0.15, 0.2) is 0 Å². The molecule has 1 N–H and O–H groups in total. The third kappa shape index (κ3) is 5.34. The van der Waals surface area contributed by atoms with Crippen LogP contribution in [0.4, 0.5) is 0 Å². The summed E-state index contributed by atoms with van der Waals surface area (Å²) in [4.78, 5) is 11.7. The average molecular weight is 307 g/mol. The minimum atomic E-state index is -0.698. The molecule has 0 fully saturated rings. The van der Waals surface area contributed by atoms with Crippen LogP contribution in [0, 0.1) is 6.92 Å². The Kier molecular flexibility index (Phi) is 6.88. The molecule has 0 saturated carbocycles. The number of hydrogen-bond donors (Lipinski definition) is 1. The Morgan fingerprint density at radius 3 is 2.55 bits per heavy atom. The average Bonchev–Trinajstić information content (AvgIpc) is 2.43. The van der Waals surface area contributed by atoms with Crippen LogP contribution >= 0.6 is 0 Å². The molecular formula is C18H29NO3. The first kappa shape index (κ1) is 18.5. The van der Waals surface area contributed by atoms with E-state index >= 15 is 0 Å². The van der Waals surface area contributed by atoms with Gasteiger partial charge in [-0.3, -0.25) is 10.1 Å². The molecule has 0 bridgehead atoms. The minimum absolute atomic E-state index is 0.243. The normalized spacial score (nSPS) is 11.6. The van der Waals surface area contributed by atoms with Crippen molar-refractivity contribution in [2.45, 2.75) is 53.0 Å². The number of carbonyl (C=O) groups excluding carboxylic acids is 1. The van der Waals surface area contributed by atoms with Gasteiger partial charge in [0.1, 0.15) is 17.9 Å². The van der Waals surface area contributed by atoms with Gasteiger partial charge in [-0.25, -0.2) is 0 Å². The quantitative estimate of drug-likeness (QED) is 0.590. The van der Waals surface area contributed by atoms with Gasteiger partial charge in [0.25, 0.3) is 0 Å². The predicted molar refractivity (Wildman–Crippen MR) is 89.5 cm³/mol. The Labute approximate surface area is 134 Å². The molecule has 0 radical (unpaired) electrons. The Morgan fingerprint density at radius 1 is 1.32 bits per heavy atom. The lowest BCUT2D eigenvalue weighted by molar-refractivity contribution is -0.149. The maximum Gasteiger partial charge on any atom is 0.325 e. The van der Waals surface area contributed by atoms with E-state index in [1.165, 1.54) is 11.1 Å². The van der Waals surface area contributed by atoms with Gasteiger partial charge in [0, 0.05) is 6.54 Å². The summed E-state index contributed by atoms with van der Waals surface area (Å²) >= 11 is 0. The van der Waals surface area contributed by atoms with E-state index in [4.69, 9.17) is 9.47 Å². The van der Waals surface area contributed by atoms with Crippen molar-refractivity contribution in [2.75, 3.05) is 19.8 Å². The molecule has 0 aliphatic carbocycles. The lowest BCUT2D eigenvalue weighted by Gasteiger charge is -2.23. The Hall–Kier alpha value is -1.55. The van der Waals surface area contributed by atoms with Gasteiger partial charge in [-0.2, -0.15) is 0 Å². The highest BCUT2D eigenvalue weighted by molar-refractivity contribution is 5.79. The maximum atomic E-state index is 11.7. The number of aryl methyl sites for hydroxylation is 1. The molecule has 4 heteroatoms. The predicted octanol–water partition coefficient (Wildman–Crippen LogP) is 3.43. The largest absolute Gasteiger partial charge is 0.492 e. The molecule has 0 heterocycles. The lowest BCUT2D eigenvalue weighted by Crippen LogP contribution is -2.49. The second kappa shape index (κ2) is 8.18. The number of esters is 1. The van der Waals surface area contributed by atoms with Crippen LogP contribution in [0.15, 0.2) is 18.2 Å². The molecule has 0 spiro atoms. The van der Waals surface area contributed by atoms with Crippen molar-refractivity contribution in [3.05, 3.63) is 29.3 Å². The first-order chi connectivity index (χ1) is 10.3. The van der Waals surface area contributed by atoms with Crippen molar-refractivity contribution in [2.24, 2.45) is 0 Å². The fourth-order valence-electron chi connectivity index (χ4n) is 2.30. The van der Waals surface area contributed by atoms with Gasteiger partial charge in [-0.1, -0.05) is 19.9 Å². The Bertz CT molecular complexity index is 495. The van der Waals surface area contributed by atoms with Crippen molar-refractivity contribution in [3.63, 3.8) is 0 Å². The van der Waals surface area contributed by atoms with Crippen LogP contribution in [0.2, 0.25) is 0 Å². The molecular weight excluding hydrogens is 278 g/mol. The molecule has 0 saturated heterocycles. The number of carbonyl (C=O) groups is 1. The molecule has 4 nitrogen and oxygen atoms in total. The van der Waals surface area contributed by atoms with E-state index < -0.39 is 5.54 Å². The zero-order chi connectivity index (χ0) is 16.8. The topological polar surface area (TPSA) is 47.6 Å². The summed E-state index contributed by atoms with van der Waals surface area (Å²) in [6, 6.07) is 6.18. The van der Waals surface area contributed by atoms with E-state index in [0.717, 1.165) is 5.75 Å². The molecule has 1 aromatic rings. The van der Waals surface area contributed by atoms with Crippen LogP contribution in [0.1, 0.15) is 51.7 Å². The van der Waals surface area contributed by atoms with E-state index in [2.05, 4.69) is 38.2 Å². The van der Waals surface area contributed by atoms with Crippen LogP contribution in [0.3, 0.4) is 0 Å². The van der Waals surface area contributed by atoms with Crippen molar-refractivity contribution >= 4 is 5.97 Å². The summed E-state index contributed by atoms with van der Waals surface area (Å²) in [5, 5.41) is 3.16. The summed E-state index contributed by atoms with van der Waals surface area (Å²) in [6.45, 7) is 13.4. The number of hydrogen-bond acceptors (Lipinski definition) is 4. The van der Waals surface area contributed by atoms with E-state index in [1.54, 1.807) is 6.92 Å². The molecule has 0 aromatic heterocycles. The van der Waals surface area contributed by atoms with E-state index in [9.17, 15) is 4.79 Å². The van der Waals surface area contributed by atoms with E-state index in [0.29, 0.717) is 25.7 Å². The molecule has 1 aromatic carbocycles. The van der Waals surface area contributed by atoms with Gasteiger partial charge in [0.2, 0.25) is 0 Å². The van der Waals surface area contributed by atoms with Gasteiger partial charge >= 0.3 is 5.97 Å². The molecule has 0 unspecified atom stereocenters.